The van der Waals surface area contributed by atoms with Crippen LogP contribution in [0, 0.1) is 22.7 Å². The van der Waals surface area contributed by atoms with Crippen LogP contribution in [0.1, 0.15) is 36.1 Å². The minimum Gasteiger partial charge on any atom is -0.308 e. The summed E-state index contributed by atoms with van der Waals surface area (Å²) >= 11 is 0. The molecule has 8 aromatic carbocycles. The van der Waals surface area contributed by atoms with Crippen LogP contribution in [0.25, 0.3) is 88.0 Å². The maximum atomic E-state index is 11.1. The summed E-state index contributed by atoms with van der Waals surface area (Å²) < 4.78 is 4.41. The predicted molar refractivity (Wildman–Crippen MR) is 225 cm³/mol. The molecule has 1 aliphatic carbocycles. The van der Waals surface area contributed by atoms with Gasteiger partial charge >= 0.3 is 0 Å². The van der Waals surface area contributed by atoms with E-state index in [0.29, 0.717) is 22.5 Å². The summed E-state index contributed by atoms with van der Waals surface area (Å²) in [4.78, 5) is 0. The van der Waals surface area contributed by atoms with Crippen LogP contribution in [0.5, 0.6) is 0 Å². The molecule has 1 aliphatic rings. The molecule has 0 radical (unpaired) electrons. The first-order valence-corrected chi connectivity index (χ1v) is 18.6. The highest BCUT2D eigenvalue weighted by molar-refractivity contribution is 6.22. The average Bonchev–Trinajstić information content (AvgIpc) is 3.83. The summed E-state index contributed by atoms with van der Waals surface area (Å²) in [5.74, 6) is 0. The van der Waals surface area contributed by atoms with Gasteiger partial charge in [0.2, 0.25) is 0 Å². The lowest BCUT2D eigenvalue weighted by molar-refractivity contribution is 0.661. The van der Waals surface area contributed by atoms with Gasteiger partial charge in [-0.15, -0.1) is 0 Å². The van der Waals surface area contributed by atoms with E-state index < -0.39 is 0 Å². The highest BCUT2D eigenvalue weighted by Gasteiger charge is 2.37. The number of fused-ring (bicyclic) bond motifs is 12. The highest BCUT2D eigenvalue weighted by atomic mass is 15.0. The van der Waals surface area contributed by atoms with Crippen LogP contribution in [0.15, 0.2) is 158 Å². The number of nitriles is 2. The van der Waals surface area contributed by atoms with Gasteiger partial charge in [0.25, 0.3) is 0 Å². The summed E-state index contributed by atoms with van der Waals surface area (Å²) in [5.41, 5.74) is 13.4. The summed E-state index contributed by atoms with van der Waals surface area (Å²) in [6.45, 7) is 4.58. The number of benzene rings is 8. The van der Waals surface area contributed by atoms with Crippen LogP contribution in [0.4, 0.5) is 0 Å². The van der Waals surface area contributed by atoms with Gasteiger partial charge in [-0.25, -0.2) is 0 Å². The second kappa shape index (κ2) is 11.3. The van der Waals surface area contributed by atoms with Crippen molar-refractivity contribution in [3.63, 3.8) is 0 Å². The van der Waals surface area contributed by atoms with Crippen molar-refractivity contribution in [3.8, 4) is 45.8 Å². The number of nitrogens with zero attached hydrogens (tertiary/aromatic N) is 4. The van der Waals surface area contributed by atoms with E-state index in [4.69, 9.17) is 0 Å². The van der Waals surface area contributed by atoms with Gasteiger partial charge in [0.15, 0.2) is 0 Å². The first kappa shape index (κ1) is 31.2. The molecule has 0 unspecified atom stereocenters. The van der Waals surface area contributed by atoms with E-state index in [1.807, 2.05) is 24.3 Å². The summed E-state index contributed by atoms with van der Waals surface area (Å²) in [6, 6.07) is 60.4. The molecule has 0 saturated carbocycles. The van der Waals surface area contributed by atoms with Crippen molar-refractivity contribution in [3.05, 3.63) is 180 Å². The first-order chi connectivity index (χ1) is 27.0. The molecule has 55 heavy (non-hydrogen) atoms. The molecule has 2 heterocycles. The molecule has 0 amide bonds. The Morgan fingerprint density at radius 2 is 1.13 bits per heavy atom. The number of hydrogen-bond acceptors (Lipinski definition) is 2. The lowest BCUT2D eigenvalue weighted by Gasteiger charge is -2.21. The van der Waals surface area contributed by atoms with Gasteiger partial charge in [-0.1, -0.05) is 135 Å². The second-order valence-electron chi connectivity index (χ2n) is 15.1. The molecule has 4 nitrogen and oxygen atoms in total. The topological polar surface area (TPSA) is 57.4 Å². The van der Waals surface area contributed by atoms with Crippen LogP contribution in [-0.2, 0) is 5.41 Å². The SMILES string of the molecule is CC1(C)c2ccccc2-c2c1ccc1c3ccccc3n(-c3cc(C#N)c(-n4c5ccc(-c6ccccc6)cc5c5c6ccccc6ccc54)cc3C#N)c21. The third-order valence-electron chi connectivity index (χ3n) is 12.0. The van der Waals surface area contributed by atoms with E-state index in [-0.39, 0.29) is 5.41 Å². The van der Waals surface area contributed by atoms with Crippen LogP contribution >= 0.6 is 0 Å². The van der Waals surface area contributed by atoms with Crippen LogP contribution < -0.4 is 0 Å². The third-order valence-corrected chi connectivity index (χ3v) is 12.0. The molecule has 256 valence electrons. The van der Waals surface area contributed by atoms with E-state index in [9.17, 15) is 10.5 Å². The molecule has 11 rings (SSSR count). The number of aromatic nitrogens is 2. The predicted octanol–water partition coefficient (Wildman–Crippen LogP) is 12.8. The maximum absolute atomic E-state index is 11.1. The zero-order chi connectivity index (χ0) is 37.0. The average molecular weight is 701 g/mol. The van der Waals surface area contributed by atoms with E-state index in [1.54, 1.807) is 0 Å². The second-order valence-corrected chi connectivity index (χ2v) is 15.1. The van der Waals surface area contributed by atoms with E-state index in [1.165, 1.54) is 22.3 Å². The molecule has 0 N–H and O–H groups in total. The molecule has 4 heteroatoms. The van der Waals surface area contributed by atoms with Crippen molar-refractivity contribution < 1.29 is 0 Å². The minimum absolute atomic E-state index is 0.192. The van der Waals surface area contributed by atoms with Crippen LogP contribution in [0.3, 0.4) is 0 Å². The standard InChI is InChI=1S/C51H32N4/c1-51(2)41-18-10-8-17-39(41)49-42(51)23-22-38-37-16-9-11-19-43(37)55(50(38)49)47-28-34(29-52)46(27-35(47)30-53)54-44-24-21-33(31-12-4-3-5-13-31)26-40(44)48-36-15-7-6-14-32(36)20-25-45(48)54/h3-28H,1-2H3. The summed E-state index contributed by atoms with van der Waals surface area (Å²) in [6.07, 6.45) is 0. The van der Waals surface area contributed by atoms with Crippen LogP contribution in [0.2, 0.25) is 0 Å². The fraction of sp³-hybridized carbons (Fsp3) is 0.0588. The van der Waals surface area contributed by atoms with Gasteiger partial charge < -0.3 is 9.13 Å². The molecule has 0 fully saturated rings. The van der Waals surface area contributed by atoms with Gasteiger partial charge in [0, 0.05) is 32.5 Å². The Labute approximate surface area is 318 Å². The zero-order valence-corrected chi connectivity index (χ0v) is 30.3. The van der Waals surface area contributed by atoms with Crippen molar-refractivity contribution in [2.75, 3.05) is 0 Å². The fourth-order valence-corrected chi connectivity index (χ4v) is 9.48. The minimum atomic E-state index is -0.192. The van der Waals surface area contributed by atoms with Crippen LogP contribution in [-0.4, -0.2) is 9.13 Å². The third kappa shape index (κ3) is 4.20. The highest BCUT2D eigenvalue weighted by Crippen LogP contribution is 2.53. The molecule has 2 aromatic heterocycles. The molecule has 0 bridgehead atoms. The Bertz CT molecular complexity index is 3360. The van der Waals surface area contributed by atoms with Gasteiger partial charge in [0.05, 0.1) is 44.6 Å². The Morgan fingerprint density at radius 1 is 0.473 bits per heavy atom. The monoisotopic (exact) mass is 700 g/mol. The van der Waals surface area contributed by atoms with Crippen molar-refractivity contribution in [2.24, 2.45) is 0 Å². The number of para-hydroxylation sites is 1. The number of rotatable bonds is 3. The Morgan fingerprint density at radius 3 is 1.93 bits per heavy atom. The van der Waals surface area contributed by atoms with Crippen molar-refractivity contribution in [2.45, 2.75) is 19.3 Å². The van der Waals surface area contributed by atoms with E-state index in [2.05, 4.69) is 169 Å². The maximum Gasteiger partial charge on any atom is 0.101 e. The van der Waals surface area contributed by atoms with Crippen molar-refractivity contribution in [1.29, 1.82) is 10.5 Å². The van der Waals surface area contributed by atoms with Gasteiger partial charge in [-0.2, -0.15) is 10.5 Å². The Hall–Kier alpha value is -7.40. The molecule has 0 spiro atoms. The fourth-order valence-electron chi connectivity index (χ4n) is 9.48. The molecule has 0 aliphatic heterocycles. The van der Waals surface area contributed by atoms with E-state index in [0.717, 1.165) is 65.5 Å². The molecule has 10 aromatic rings. The molecular weight excluding hydrogens is 669 g/mol. The molecular formula is C51H32N4. The summed E-state index contributed by atoms with van der Waals surface area (Å²) in [7, 11) is 0. The quantitative estimate of drug-likeness (QED) is 0.184. The van der Waals surface area contributed by atoms with Gasteiger partial charge in [-0.05, 0) is 75.0 Å². The molecule has 0 atom stereocenters. The zero-order valence-electron chi connectivity index (χ0n) is 30.3. The largest absolute Gasteiger partial charge is 0.308 e. The Balaban J connectivity index is 1.24. The lowest BCUT2D eigenvalue weighted by atomic mass is 9.82. The number of hydrogen-bond donors (Lipinski definition) is 0. The summed E-state index contributed by atoms with van der Waals surface area (Å²) in [5, 5.41) is 28.8. The van der Waals surface area contributed by atoms with Gasteiger partial charge in [0.1, 0.15) is 12.1 Å². The molecule has 0 saturated heterocycles. The normalized spacial score (nSPS) is 13.0. The lowest BCUT2D eigenvalue weighted by Crippen LogP contribution is -2.14. The van der Waals surface area contributed by atoms with Gasteiger partial charge in [-0.3, -0.25) is 0 Å². The van der Waals surface area contributed by atoms with Crippen molar-refractivity contribution >= 4 is 54.4 Å². The van der Waals surface area contributed by atoms with E-state index >= 15 is 0 Å². The smallest absolute Gasteiger partial charge is 0.101 e. The first-order valence-electron chi connectivity index (χ1n) is 18.6. The Kier molecular flexibility index (Phi) is 6.40. The van der Waals surface area contributed by atoms with Crippen molar-refractivity contribution in [1.82, 2.24) is 9.13 Å².